The number of fused-ring (bicyclic) bond motifs is 1. The molecule has 180 valence electrons. The Balaban J connectivity index is 1.63. The molecule has 5 nitrogen and oxygen atoms in total. The Morgan fingerprint density at radius 3 is 2.57 bits per heavy atom. The van der Waals surface area contributed by atoms with Gasteiger partial charge in [0.2, 0.25) is 0 Å². The summed E-state index contributed by atoms with van der Waals surface area (Å²) in [5.74, 6) is 1.04. The predicted molar refractivity (Wildman–Crippen MR) is 147 cm³/mol. The summed E-state index contributed by atoms with van der Waals surface area (Å²) in [7, 11) is 0. The van der Waals surface area contributed by atoms with Gasteiger partial charge in [0, 0.05) is 33.0 Å². The minimum atomic E-state index is -0.114. The number of hydrogen-bond donors (Lipinski definition) is 0. The fraction of sp³-hybridized carbons (Fsp3) is 0.345. The minimum absolute atomic E-state index is 0.114. The zero-order valence-electron chi connectivity index (χ0n) is 20.8. The van der Waals surface area contributed by atoms with Gasteiger partial charge in [-0.15, -0.1) is 0 Å². The number of nitrogens with zero attached hydrogens (tertiary/aromatic N) is 4. The van der Waals surface area contributed by atoms with Crippen LogP contribution in [0.5, 0.6) is 0 Å². The van der Waals surface area contributed by atoms with Gasteiger partial charge in [-0.25, -0.2) is 4.98 Å². The molecule has 5 rings (SSSR count). The largest absolute Gasteiger partial charge is 0.318 e. The molecular weight excluding hydrogens is 500 g/mol. The van der Waals surface area contributed by atoms with Crippen LogP contribution in [0.2, 0.25) is 0 Å². The maximum atomic E-state index is 13.6. The van der Waals surface area contributed by atoms with Crippen molar-refractivity contribution in [3.63, 3.8) is 0 Å². The van der Waals surface area contributed by atoms with Gasteiger partial charge < -0.3 is 4.57 Å². The van der Waals surface area contributed by atoms with Gasteiger partial charge in [-0.2, -0.15) is 9.78 Å². The van der Waals surface area contributed by atoms with E-state index in [0.29, 0.717) is 5.39 Å². The molecule has 2 aromatic carbocycles. The molecule has 0 bridgehead atoms. The van der Waals surface area contributed by atoms with Crippen LogP contribution in [-0.2, 0) is 0 Å². The molecule has 1 saturated carbocycles. The van der Waals surface area contributed by atoms with Crippen molar-refractivity contribution in [2.45, 2.75) is 65.7 Å². The standard InChI is InChI=1S/C29H31BrN4O/c1-18-9-8-12-27(20(18)3)33-19(2)15-23(21(33)4)17-31-34-28(22-10-6-5-7-11-22)32-26-14-13-24(30)16-25(26)29(34)35/h8-9,12-17,22H,5-7,10-11H2,1-4H3. The van der Waals surface area contributed by atoms with Crippen LogP contribution in [0.1, 0.15) is 71.9 Å². The summed E-state index contributed by atoms with van der Waals surface area (Å²) in [5, 5.41) is 5.35. The summed E-state index contributed by atoms with van der Waals surface area (Å²) in [6.45, 7) is 8.52. The van der Waals surface area contributed by atoms with Crippen LogP contribution in [0.3, 0.4) is 0 Å². The van der Waals surface area contributed by atoms with Crippen molar-refractivity contribution >= 4 is 33.0 Å². The Morgan fingerprint density at radius 2 is 1.80 bits per heavy atom. The second-order valence-electron chi connectivity index (χ2n) is 9.71. The van der Waals surface area contributed by atoms with Crippen molar-refractivity contribution in [3.05, 3.63) is 91.2 Å². The maximum absolute atomic E-state index is 13.6. The van der Waals surface area contributed by atoms with E-state index in [1.165, 1.54) is 36.1 Å². The van der Waals surface area contributed by atoms with Gasteiger partial charge in [-0.1, -0.05) is 47.3 Å². The zero-order chi connectivity index (χ0) is 24.7. The quantitative estimate of drug-likeness (QED) is 0.264. The zero-order valence-corrected chi connectivity index (χ0v) is 22.4. The van der Waals surface area contributed by atoms with Crippen molar-refractivity contribution in [2.75, 3.05) is 0 Å². The van der Waals surface area contributed by atoms with Crippen molar-refractivity contribution in [2.24, 2.45) is 5.10 Å². The van der Waals surface area contributed by atoms with E-state index >= 15 is 0 Å². The van der Waals surface area contributed by atoms with Gasteiger partial charge in [0.1, 0.15) is 5.82 Å². The summed E-state index contributed by atoms with van der Waals surface area (Å²) < 4.78 is 4.68. The molecule has 0 N–H and O–H groups in total. The van der Waals surface area contributed by atoms with Crippen LogP contribution >= 0.6 is 15.9 Å². The highest BCUT2D eigenvalue weighted by molar-refractivity contribution is 9.10. The van der Waals surface area contributed by atoms with Gasteiger partial charge in [-0.05, 0) is 82.0 Å². The maximum Gasteiger partial charge on any atom is 0.282 e. The molecule has 0 atom stereocenters. The van der Waals surface area contributed by atoms with Gasteiger partial charge >= 0.3 is 0 Å². The monoisotopic (exact) mass is 530 g/mol. The Labute approximate surface area is 214 Å². The number of aromatic nitrogens is 3. The number of halogens is 1. The van der Waals surface area contributed by atoms with Gasteiger partial charge in [0.25, 0.3) is 5.56 Å². The smallest absolute Gasteiger partial charge is 0.282 e. The molecule has 1 fully saturated rings. The molecule has 0 aliphatic heterocycles. The normalized spacial score (nSPS) is 14.9. The Hall–Kier alpha value is -2.99. The number of aryl methyl sites for hydroxylation is 2. The lowest BCUT2D eigenvalue weighted by Gasteiger charge is -2.22. The Bertz CT molecular complexity index is 1510. The van der Waals surface area contributed by atoms with E-state index in [1.807, 2.05) is 24.4 Å². The van der Waals surface area contributed by atoms with Gasteiger partial charge in [-0.3, -0.25) is 4.79 Å². The predicted octanol–water partition coefficient (Wildman–Crippen LogP) is 7.11. The van der Waals surface area contributed by atoms with E-state index in [2.05, 4.69) is 72.5 Å². The molecule has 1 aliphatic rings. The first-order valence-electron chi connectivity index (χ1n) is 12.4. The van der Waals surface area contributed by atoms with Crippen molar-refractivity contribution in [1.29, 1.82) is 0 Å². The molecule has 0 radical (unpaired) electrons. The van der Waals surface area contributed by atoms with E-state index in [-0.39, 0.29) is 11.5 Å². The molecule has 35 heavy (non-hydrogen) atoms. The molecule has 0 spiro atoms. The first kappa shape index (κ1) is 23.7. The molecule has 6 heteroatoms. The highest BCUT2D eigenvalue weighted by Crippen LogP contribution is 2.32. The highest BCUT2D eigenvalue weighted by atomic mass is 79.9. The van der Waals surface area contributed by atoms with Crippen molar-refractivity contribution in [1.82, 2.24) is 14.2 Å². The van der Waals surface area contributed by atoms with E-state index in [9.17, 15) is 4.79 Å². The molecule has 0 unspecified atom stereocenters. The fourth-order valence-electron chi connectivity index (χ4n) is 5.29. The lowest BCUT2D eigenvalue weighted by Crippen LogP contribution is -2.25. The van der Waals surface area contributed by atoms with Gasteiger partial charge in [0.15, 0.2) is 0 Å². The molecule has 4 aromatic rings. The Kier molecular flexibility index (Phi) is 6.49. The van der Waals surface area contributed by atoms with Crippen molar-refractivity contribution in [3.8, 4) is 5.69 Å². The first-order valence-corrected chi connectivity index (χ1v) is 13.2. The lowest BCUT2D eigenvalue weighted by atomic mass is 9.88. The average Bonchev–Trinajstić information content (AvgIpc) is 3.13. The van der Waals surface area contributed by atoms with Gasteiger partial charge in [0.05, 0.1) is 17.1 Å². The number of hydrogen-bond acceptors (Lipinski definition) is 3. The lowest BCUT2D eigenvalue weighted by molar-refractivity contribution is 0.416. The summed E-state index contributed by atoms with van der Waals surface area (Å²) in [6, 6.07) is 14.2. The van der Waals surface area contributed by atoms with Crippen LogP contribution in [0.4, 0.5) is 0 Å². The summed E-state index contributed by atoms with van der Waals surface area (Å²) in [6.07, 6.45) is 7.49. The third-order valence-electron chi connectivity index (χ3n) is 7.40. The fourth-order valence-corrected chi connectivity index (χ4v) is 5.65. The van der Waals surface area contributed by atoms with Crippen LogP contribution in [-0.4, -0.2) is 20.4 Å². The van der Waals surface area contributed by atoms with Crippen LogP contribution < -0.4 is 5.56 Å². The summed E-state index contributed by atoms with van der Waals surface area (Å²) in [4.78, 5) is 18.6. The minimum Gasteiger partial charge on any atom is -0.318 e. The van der Waals surface area contributed by atoms with E-state index < -0.39 is 0 Å². The second-order valence-corrected chi connectivity index (χ2v) is 10.6. The van der Waals surface area contributed by atoms with E-state index in [1.54, 1.807) is 4.68 Å². The molecule has 2 aromatic heterocycles. The van der Waals surface area contributed by atoms with Crippen LogP contribution in [0.25, 0.3) is 16.6 Å². The highest BCUT2D eigenvalue weighted by Gasteiger charge is 2.22. The molecule has 2 heterocycles. The number of benzene rings is 2. The third-order valence-corrected chi connectivity index (χ3v) is 7.90. The van der Waals surface area contributed by atoms with Crippen LogP contribution in [0.15, 0.2) is 56.8 Å². The van der Waals surface area contributed by atoms with E-state index in [0.717, 1.165) is 45.6 Å². The van der Waals surface area contributed by atoms with E-state index in [4.69, 9.17) is 10.1 Å². The first-order chi connectivity index (χ1) is 16.8. The Morgan fingerprint density at radius 1 is 1.03 bits per heavy atom. The third kappa shape index (κ3) is 4.40. The average molecular weight is 531 g/mol. The molecular formula is C29H31BrN4O. The topological polar surface area (TPSA) is 52.2 Å². The number of rotatable bonds is 4. The van der Waals surface area contributed by atoms with Crippen LogP contribution in [0, 0.1) is 27.7 Å². The summed E-state index contributed by atoms with van der Waals surface area (Å²) in [5.41, 5.74) is 7.56. The molecule has 0 saturated heterocycles. The molecule has 0 amide bonds. The summed E-state index contributed by atoms with van der Waals surface area (Å²) >= 11 is 3.50. The SMILES string of the molecule is Cc1cccc(-n2c(C)cc(C=Nn3c(C4CCCCC4)nc4ccc(Br)cc4c3=O)c2C)c1C. The van der Waals surface area contributed by atoms with Crippen molar-refractivity contribution < 1.29 is 0 Å². The second kappa shape index (κ2) is 9.57. The molecule has 1 aliphatic carbocycles.